The molecule has 1 aliphatic carbocycles. The van der Waals surface area contributed by atoms with Crippen LogP contribution < -0.4 is 5.32 Å². The highest BCUT2D eigenvalue weighted by atomic mass is 16.3. The van der Waals surface area contributed by atoms with Gasteiger partial charge in [-0.15, -0.1) is 0 Å². The van der Waals surface area contributed by atoms with Crippen molar-refractivity contribution >= 4 is 17.7 Å². The number of nitrogens with zero attached hydrogens (tertiary/aromatic N) is 3. The van der Waals surface area contributed by atoms with Crippen molar-refractivity contribution in [3.8, 4) is 0 Å². The van der Waals surface area contributed by atoms with Crippen LogP contribution in [0.15, 0.2) is 41.1 Å². The molecule has 1 saturated carbocycles. The third kappa shape index (κ3) is 4.36. The van der Waals surface area contributed by atoms with E-state index >= 15 is 0 Å². The van der Waals surface area contributed by atoms with Crippen LogP contribution in [-0.2, 0) is 11.3 Å². The molecule has 29 heavy (non-hydrogen) atoms. The van der Waals surface area contributed by atoms with Crippen molar-refractivity contribution in [2.75, 3.05) is 26.2 Å². The van der Waals surface area contributed by atoms with Gasteiger partial charge in [-0.25, -0.2) is 0 Å². The summed E-state index contributed by atoms with van der Waals surface area (Å²) in [6.45, 7) is 1.94. The normalized spacial score (nSPS) is 17.5. The van der Waals surface area contributed by atoms with Crippen molar-refractivity contribution < 1.29 is 18.8 Å². The van der Waals surface area contributed by atoms with Crippen LogP contribution in [0, 0.1) is 0 Å². The Morgan fingerprint density at radius 1 is 0.966 bits per heavy atom. The molecule has 0 spiro atoms. The van der Waals surface area contributed by atoms with E-state index in [1.807, 2.05) is 0 Å². The van der Waals surface area contributed by atoms with Gasteiger partial charge in [-0.2, -0.15) is 0 Å². The van der Waals surface area contributed by atoms with Gasteiger partial charge >= 0.3 is 0 Å². The van der Waals surface area contributed by atoms with E-state index < -0.39 is 0 Å². The smallest absolute Gasteiger partial charge is 0.289 e. The predicted octanol–water partition coefficient (Wildman–Crippen LogP) is 1.74. The molecule has 0 aromatic carbocycles. The molecule has 2 aromatic heterocycles. The molecule has 2 aromatic rings. The molecule has 3 amide bonds. The number of carbonyl (C=O) groups excluding carboxylic acids is 3. The SMILES string of the molecule is O=C(Cn1cccc1C(=O)N1CCN(C(=O)c2ccco2)CC1)NC1CCCC1. The van der Waals surface area contributed by atoms with Gasteiger partial charge < -0.3 is 24.1 Å². The van der Waals surface area contributed by atoms with E-state index in [0.29, 0.717) is 37.6 Å². The summed E-state index contributed by atoms with van der Waals surface area (Å²) >= 11 is 0. The number of carbonyl (C=O) groups is 3. The van der Waals surface area contributed by atoms with Gasteiger partial charge in [0.2, 0.25) is 5.91 Å². The van der Waals surface area contributed by atoms with Crippen LogP contribution in [0.25, 0.3) is 0 Å². The van der Waals surface area contributed by atoms with E-state index in [1.165, 1.54) is 6.26 Å². The van der Waals surface area contributed by atoms with Crippen LogP contribution in [0.4, 0.5) is 0 Å². The molecule has 1 aliphatic heterocycles. The summed E-state index contributed by atoms with van der Waals surface area (Å²) in [6, 6.07) is 7.11. The zero-order valence-corrected chi connectivity index (χ0v) is 16.4. The summed E-state index contributed by atoms with van der Waals surface area (Å²) in [4.78, 5) is 41.1. The van der Waals surface area contributed by atoms with Gasteiger partial charge in [0.15, 0.2) is 5.76 Å². The first-order valence-electron chi connectivity index (χ1n) is 10.2. The molecule has 0 radical (unpaired) electrons. The first-order valence-corrected chi connectivity index (χ1v) is 10.2. The quantitative estimate of drug-likeness (QED) is 0.831. The molecule has 0 bridgehead atoms. The summed E-state index contributed by atoms with van der Waals surface area (Å²) in [5.74, 6) is -0.0224. The minimum absolute atomic E-state index is 0.0592. The number of amides is 3. The second-order valence-corrected chi connectivity index (χ2v) is 7.63. The molecule has 0 unspecified atom stereocenters. The van der Waals surface area contributed by atoms with Gasteiger partial charge in [0.05, 0.1) is 6.26 Å². The van der Waals surface area contributed by atoms with Crippen LogP contribution >= 0.6 is 0 Å². The predicted molar refractivity (Wildman–Crippen MR) is 105 cm³/mol. The molecule has 4 rings (SSSR count). The topological polar surface area (TPSA) is 87.8 Å². The van der Waals surface area contributed by atoms with E-state index in [-0.39, 0.29) is 30.3 Å². The summed E-state index contributed by atoms with van der Waals surface area (Å²) in [7, 11) is 0. The van der Waals surface area contributed by atoms with Gasteiger partial charge in [-0.05, 0) is 37.1 Å². The van der Waals surface area contributed by atoms with Gasteiger partial charge in [0.25, 0.3) is 11.8 Å². The molecule has 8 heteroatoms. The summed E-state index contributed by atoms with van der Waals surface area (Å²) in [5.41, 5.74) is 0.498. The van der Waals surface area contributed by atoms with Crippen LogP contribution in [0.1, 0.15) is 46.7 Å². The Kier molecular flexibility index (Phi) is 5.69. The highest BCUT2D eigenvalue weighted by molar-refractivity contribution is 5.94. The first kappa shape index (κ1) is 19.3. The number of hydrogen-bond donors (Lipinski definition) is 1. The van der Waals surface area contributed by atoms with E-state index in [4.69, 9.17) is 4.42 Å². The fourth-order valence-electron chi connectivity index (χ4n) is 4.08. The fourth-order valence-corrected chi connectivity index (χ4v) is 4.08. The summed E-state index contributed by atoms with van der Waals surface area (Å²) in [5, 5.41) is 3.06. The lowest BCUT2D eigenvalue weighted by Gasteiger charge is -2.34. The molecule has 154 valence electrons. The fraction of sp³-hybridized carbons (Fsp3) is 0.476. The number of piperazine rings is 1. The Morgan fingerprint density at radius 3 is 2.31 bits per heavy atom. The monoisotopic (exact) mass is 398 g/mol. The average molecular weight is 398 g/mol. The number of furan rings is 1. The zero-order valence-electron chi connectivity index (χ0n) is 16.4. The Bertz CT molecular complexity index is 859. The van der Waals surface area contributed by atoms with Crippen molar-refractivity contribution in [2.24, 2.45) is 0 Å². The maximum Gasteiger partial charge on any atom is 0.289 e. The van der Waals surface area contributed by atoms with Crippen molar-refractivity contribution in [1.29, 1.82) is 0 Å². The Labute approximate surface area is 169 Å². The van der Waals surface area contributed by atoms with Crippen LogP contribution in [0.2, 0.25) is 0 Å². The van der Waals surface area contributed by atoms with E-state index in [2.05, 4.69) is 5.32 Å². The third-order valence-corrected chi connectivity index (χ3v) is 5.67. The second kappa shape index (κ2) is 8.55. The summed E-state index contributed by atoms with van der Waals surface area (Å²) in [6.07, 6.45) is 7.62. The zero-order chi connectivity index (χ0) is 20.2. The molecule has 2 aliphatic rings. The van der Waals surface area contributed by atoms with E-state index in [9.17, 15) is 14.4 Å². The molecule has 3 heterocycles. The van der Waals surface area contributed by atoms with E-state index in [0.717, 1.165) is 25.7 Å². The molecule has 8 nitrogen and oxygen atoms in total. The van der Waals surface area contributed by atoms with Gasteiger partial charge in [-0.1, -0.05) is 12.8 Å². The Balaban J connectivity index is 1.33. The molecule has 0 atom stereocenters. The molecule has 1 saturated heterocycles. The number of rotatable bonds is 5. The molecular formula is C21H26N4O4. The van der Waals surface area contributed by atoms with Crippen molar-refractivity contribution in [3.63, 3.8) is 0 Å². The minimum atomic E-state index is -0.158. The summed E-state index contributed by atoms with van der Waals surface area (Å²) < 4.78 is 6.87. The van der Waals surface area contributed by atoms with Gasteiger partial charge in [0, 0.05) is 38.4 Å². The molecule has 2 fully saturated rings. The second-order valence-electron chi connectivity index (χ2n) is 7.63. The maximum atomic E-state index is 13.0. The lowest BCUT2D eigenvalue weighted by atomic mass is 10.2. The Morgan fingerprint density at radius 2 is 1.66 bits per heavy atom. The number of hydrogen-bond acceptors (Lipinski definition) is 4. The highest BCUT2D eigenvalue weighted by Crippen LogP contribution is 2.18. The number of nitrogens with one attached hydrogen (secondary N) is 1. The largest absolute Gasteiger partial charge is 0.459 e. The van der Waals surface area contributed by atoms with Crippen LogP contribution in [0.5, 0.6) is 0 Å². The lowest BCUT2D eigenvalue weighted by molar-refractivity contribution is -0.122. The lowest BCUT2D eigenvalue weighted by Crippen LogP contribution is -2.51. The van der Waals surface area contributed by atoms with Crippen molar-refractivity contribution in [3.05, 3.63) is 48.2 Å². The average Bonchev–Trinajstić information content (AvgIpc) is 3.50. The maximum absolute atomic E-state index is 13.0. The van der Waals surface area contributed by atoms with Crippen molar-refractivity contribution in [2.45, 2.75) is 38.3 Å². The minimum Gasteiger partial charge on any atom is -0.459 e. The standard InChI is InChI=1S/C21H26N4O4/c26-19(22-16-5-1-2-6-16)15-25-9-3-7-17(25)20(27)23-10-12-24(13-11-23)21(28)18-8-4-14-29-18/h3-4,7-9,14,16H,1-2,5-6,10-13,15H2,(H,22,26). The third-order valence-electron chi connectivity index (χ3n) is 5.67. The van der Waals surface area contributed by atoms with E-state index in [1.54, 1.807) is 44.8 Å². The van der Waals surface area contributed by atoms with Crippen molar-refractivity contribution in [1.82, 2.24) is 19.7 Å². The van der Waals surface area contributed by atoms with Crippen LogP contribution in [0.3, 0.4) is 0 Å². The van der Waals surface area contributed by atoms with Gasteiger partial charge in [-0.3, -0.25) is 14.4 Å². The molecular weight excluding hydrogens is 372 g/mol. The van der Waals surface area contributed by atoms with Gasteiger partial charge in [0.1, 0.15) is 12.2 Å². The molecule has 1 N–H and O–H groups in total. The highest BCUT2D eigenvalue weighted by Gasteiger charge is 2.28. The first-order chi connectivity index (χ1) is 14.1. The Hall–Kier alpha value is -3.03. The van der Waals surface area contributed by atoms with Crippen LogP contribution in [-0.4, -0.2) is 64.3 Å². The number of aromatic nitrogens is 1.